The van der Waals surface area contributed by atoms with E-state index in [0.717, 1.165) is 14.6 Å². The topological polar surface area (TPSA) is 15.3 Å². The number of likely N-dealkylation sites (tertiary alicyclic amines) is 1. The predicted molar refractivity (Wildman–Crippen MR) is 80.5 cm³/mol. The van der Waals surface area contributed by atoms with Gasteiger partial charge in [0.15, 0.2) is 0 Å². The Hall–Kier alpha value is 0.350. The van der Waals surface area contributed by atoms with Crippen LogP contribution in [-0.4, -0.2) is 43.5 Å². The van der Waals surface area contributed by atoms with Crippen molar-refractivity contribution in [1.82, 2.24) is 10.2 Å². The van der Waals surface area contributed by atoms with Gasteiger partial charge < -0.3 is 10.2 Å². The van der Waals surface area contributed by atoms with E-state index in [1.165, 1.54) is 70.9 Å². The van der Waals surface area contributed by atoms with Crippen LogP contribution in [0.3, 0.4) is 0 Å². The molecule has 0 aromatic carbocycles. The van der Waals surface area contributed by atoms with Gasteiger partial charge in [-0.15, -0.1) is 8.58 Å². The second-order valence-electron chi connectivity index (χ2n) is 5.21. The Balaban J connectivity index is 2.17. The summed E-state index contributed by atoms with van der Waals surface area (Å²) < 4.78 is 0. The summed E-state index contributed by atoms with van der Waals surface area (Å²) in [6.45, 7) is 8.52. The molecular weight excluding hydrogens is 227 g/mol. The lowest BCUT2D eigenvalue weighted by Crippen LogP contribution is -2.39. The van der Waals surface area contributed by atoms with Gasteiger partial charge in [0.05, 0.1) is 0 Å². The molecule has 2 unspecified atom stereocenters. The fourth-order valence-corrected chi connectivity index (χ4v) is 3.23. The molecule has 0 radical (unpaired) electrons. The third kappa shape index (κ3) is 6.74. The molecule has 1 rings (SSSR count). The Labute approximate surface area is 110 Å². The summed E-state index contributed by atoms with van der Waals surface area (Å²) in [5.41, 5.74) is 0. The maximum atomic E-state index is 3.53. The average molecular weight is 258 g/mol. The Morgan fingerprint density at radius 3 is 2.59 bits per heavy atom. The van der Waals surface area contributed by atoms with Crippen LogP contribution in [0, 0.1) is 0 Å². The van der Waals surface area contributed by atoms with Crippen LogP contribution in [0.2, 0.25) is 0 Å². The highest BCUT2D eigenvalue weighted by atomic mass is 31.1. The van der Waals surface area contributed by atoms with E-state index in [0.29, 0.717) is 0 Å². The van der Waals surface area contributed by atoms with E-state index in [-0.39, 0.29) is 0 Å². The van der Waals surface area contributed by atoms with E-state index < -0.39 is 0 Å². The van der Waals surface area contributed by atoms with Crippen molar-refractivity contribution in [3.05, 3.63) is 0 Å². The molecule has 1 aliphatic rings. The largest absolute Gasteiger partial charge is 0.313 e. The van der Waals surface area contributed by atoms with Crippen molar-refractivity contribution in [2.24, 2.45) is 0 Å². The summed E-state index contributed by atoms with van der Waals surface area (Å²) in [4.78, 5) is 2.76. The van der Waals surface area contributed by atoms with Gasteiger partial charge in [0.25, 0.3) is 0 Å². The molecule has 102 valence electrons. The molecule has 1 saturated heterocycles. The highest BCUT2D eigenvalue weighted by Gasteiger charge is 2.19. The summed E-state index contributed by atoms with van der Waals surface area (Å²) in [6, 6.07) is 0.867. The Morgan fingerprint density at radius 2 is 1.94 bits per heavy atom. The van der Waals surface area contributed by atoms with Crippen LogP contribution in [0.5, 0.6) is 0 Å². The molecule has 0 aromatic rings. The predicted octanol–water partition coefficient (Wildman–Crippen LogP) is 3.28. The molecule has 0 aliphatic carbocycles. The van der Waals surface area contributed by atoms with Crippen molar-refractivity contribution in [2.75, 3.05) is 32.6 Å². The molecule has 17 heavy (non-hydrogen) atoms. The summed E-state index contributed by atoms with van der Waals surface area (Å²) in [5, 5.41) is 3.53. The second kappa shape index (κ2) is 10.3. The third-order valence-corrected chi connectivity index (χ3v) is 4.33. The Morgan fingerprint density at radius 1 is 1.18 bits per heavy atom. The van der Waals surface area contributed by atoms with Crippen molar-refractivity contribution in [3.8, 4) is 0 Å². The second-order valence-corrected chi connectivity index (χ2v) is 6.27. The summed E-state index contributed by atoms with van der Waals surface area (Å²) in [6.07, 6.45) is 11.0. The number of hydrogen-bond acceptors (Lipinski definition) is 2. The Kier molecular flexibility index (Phi) is 9.33. The van der Waals surface area contributed by atoms with E-state index in [4.69, 9.17) is 0 Å². The lowest BCUT2D eigenvalue weighted by molar-refractivity contribution is 0.145. The van der Waals surface area contributed by atoms with E-state index in [2.05, 4.69) is 23.8 Å². The molecule has 0 saturated carbocycles. The average Bonchev–Trinajstić information content (AvgIpc) is 2.38. The number of rotatable bonds is 9. The van der Waals surface area contributed by atoms with Crippen LogP contribution in [0.1, 0.15) is 51.9 Å². The zero-order chi connectivity index (χ0) is 12.3. The maximum Gasteiger partial charge on any atom is 0.0124 e. The number of nitrogens with one attached hydrogen (secondary N) is 1. The van der Waals surface area contributed by atoms with Gasteiger partial charge in [-0.2, -0.15) is 0 Å². The van der Waals surface area contributed by atoms with Gasteiger partial charge in [-0.1, -0.05) is 19.8 Å². The first-order chi connectivity index (χ1) is 8.38. The van der Waals surface area contributed by atoms with Crippen LogP contribution >= 0.6 is 8.58 Å². The SMILES string of the molecule is CCCC(CCCNCPC)N1CCCCC1. The zero-order valence-corrected chi connectivity index (χ0v) is 12.8. The van der Waals surface area contributed by atoms with Crippen molar-refractivity contribution in [3.63, 3.8) is 0 Å². The minimum atomic E-state index is 0.867. The normalized spacial score (nSPS) is 20.1. The van der Waals surface area contributed by atoms with Gasteiger partial charge in [0.1, 0.15) is 0 Å². The maximum absolute atomic E-state index is 3.53. The van der Waals surface area contributed by atoms with Gasteiger partial charge in [-0.3, -0.25) is 0 Å². The molecule has 2 atom stereocenters. The molecule has 2 nitrogen and oxygen atoms in total. The van der Waals surface area contributed by atoms with Gasteiger partial charge in [-0.25, -0.2) is 0 Å². The highest BCUT2D eigenvalue weighted by molar-refractivity contribution is 7.36. The quantitative estimate of drug-likeness (QED) is 0.504. The molecule has 0 bridgehead atoms. The smallest absolute Gasteiger partial charge is 0.0124 e. The first-order valence-corrected chi connectivity index (χ1v) is 9.18. The number of nitrogens with zero attached hydrogens (tertiary/aromatic N) is 1. The van der Waals surface area contributed by atoms with Gasteiger partial charge in [0.2, 0.25) is 0 Å². The molecule has 0 spiro atoms. The first-order valence-electron chi connectivity index (χ1n) is 7.47. The van der Waals surface area contributed by atoms with Gasteiger partial charge in [0, 0.05) is 12.3 Å². The van der Waals surface area contributed by atoms with Crippen LogP contribution in [0.15, 0.2) is 0 Å². The standard InChI is InChI=1S/C14H31N2P/c1-3-8-14(9-7-10-15-13-17-2)16-11-5-4-6-12-16/h14-15,17H,3-13H2,1-2H3. The van der Waals surface area contributed by atoms with Crippen LogP contribution in [0.4, 0.5) is 0 Å². The number of piperidine rings is 1. The summed E-state index contributed by atoms with van der Waals surface area (Å²) in [5.74, 6) is 0. The molecule has 1 heterocycles. The molecule has 1 fully saturated rings. The van der Waals surface area contributed by atoms with Gasteiger partial charge >= 0.3 is 0 Å². The van der Waals surface area contributed by atoms with E-state index in [1.807, 2.05) is 0 Å². The van der Waals surface area contributed by atoms with Crippen molar-refractivity contribution >= 4 is 8.58 Å². The summed E-state index contributed by atoms with van der Waals surface area (Å²) in [7, 11) is 1.05. The fraction of sp³-hybridized carbons (Fsp3) is 1.00. The molecule has 0 aromatic heterocycles. The molecule has 3 heteroatoms. The molecular formula is C14H31N2P. The van der Waals surface area contributed by atoms with E-state index in [1.54, 1.807) is 0 Å². The molecule has 1 N–H and O–H groups in total. The molecule has 0 amide bonds. The molecule has 1 aliphatic heterocycles. The van der Waals surface area contributed by atoms with E-state index in [9.17, 15) is 0 Å². The van der Waals surface area contributed by atoms with Crippen molar-refractivity contribution < 1.29 is 0 Å². The van der Waals surface area contributed by atoms with Crippen LogP contribution in [-0.2, 0) is 0 Å². The number of hydrogen-bond donors (Lipinski definition) is 1. The fourth-order valence-electron chi connectivity index (χ4n) is 2.80. The highest BCUT2D eigenvalue weighted by Crippen LogP contribution is 2.18. The lowest BCUT2D eigenvalue weighted by Gasteiger charge is -2.34. The minimum absolute atomic E-state index is 0.867. The Bertz CT molecular complexity index is 170. The third-order valence-electron chi connectivity index (χ3n) is 3.72. The van der Waals surface area contributed by atoms with Crippen LogP contribution < -0.4 is 5.32 Å². The zero-order valence-electron chi connectivity index (χ0n) is 11.8. The first kappa shape index (κ1) is 15.4. The monoisotopic (exact) mass is 258 g/mol. The van der Waals surface area contributed by atoms with Crippen molar-refractivity contribution in [1.29, 1.82) is 0 Å². The van der Waals surface area contributed by atoms with Gasteiger partial charge in [-0.05, 0) is 58.4 Å². The van der Waals surface area contributed by atoms with E-state index >= 15 is 0 Å². The summed E-state index contributed by atoms with van der Waals surface area (Å²) >= 11 is 0. The minimum Gasteiger partial charge on any atom is -0.313 e. The van der Waals surface area contributed by atoms with Crippen LogP contribution in [0.25, 0.3) is 0 Å². The lowest BCUT2D eigenvalue weighted by atomic mass is 10.0. The van der Waals surface area contributed by atoms with Crippen molar-refractivity contribution in [2.45, 2.75) is 57.9 Å².